The number of aryl methyl sites for hydroxylation is 3. The first kappa shape index (κ1) is 33.3. The minimum Gasteiger partial charge on any atom is -0.399 e. The molecule has 1 nitrogen and oxygen atoms in total. The van der Waals surface area contributed by atoms with Gasteiger partial charge in [-0.05, 0) is 48.1 Å². The van der Waals surface area contributed by atoms with Crippen LogP contribution < -0.4 is 5.73 Å². The summed E-state index contributed by atoms with van der Waals surface area (Å²) in [7, 11) is -0.674. The zero-order valence-corrected chi connectivity index (χ0v) is 20.6. The van der Waals surface area contributed by atoms with Crippen LogP contribution in [0.5, 0.6) is 0 Å². The molecule has 0 aliphatic rings. The van der Waals surface area contributed by atoms with Crippen molar-refractivity contribution in [3.05, 3.63) is 65.2 Å². The molecule has 0 aliphatic carbocycles. The molecule has 0 atom stereocenters. The Morgan fingerprint density at radius 3 is 1.27 bits per heavy atom. The summed E-state index contributed by atoms with van der Waals surface area (Å²) in [6, 6.07) is 20.3. The molecule has 0 fully saturated rings. The first-order valence-electron chi connectivity index (χ1n) is 10.8. The molecule has 0 radical (unpaired) electrons. The molecule has 0 saturated carbocycles. The molecular formula is C27H53NSi2. The van der Waals surface area contributed by atoms with Crippen molar-refractivity contribution in [2.24, 2.45) is 0 Å². The van der Waals surface area contributed by atoms with Crippen molar-refractivity contribution in [1.29, 1.82) is 0 Å². The van der Waals surface area contributed by atoms with Gasteiger partial charge in [-0.25, -0.2) is 0 Å². The van der Waals surface area contributed by atoms with Gasteiger partial charge in [0.1, 0.15) is 0 Å². The molecule has 3 heteroatoms. The summed E-state index contributed by atoms with van der Waals surface area (Å²) in [4.78, 5) is 0. The van der Waals surface area contributed by atoms with Crippen LogP contribution in [-0.2, 0) is 19.3 Å². The number of hydrogen-bond acceptors (Lipinski definition) is 1. The van der Waals surface area contributed by atoms with Crippen molar-refractivity contribution >= 4 is 23.3 Å². The second kappa shape index (κ2) is 19.6. The Hall–Kier alpha value is -1.33. The lowest BCUT2D eigenvalue weighted by atomic mass is 10.1. The van der Waals surface area contributed by atoms with E-state index in [1.807, 2.05) is 12.1 Å². The number of anilines is 1. The summed E-state index contributed by atoms with van der Waals surface area (Å²) in [5.74, 6) is 0. The van der Waals surface area contributed by atoms with Gasteiger partial charge >= 0.3 is 0 Å². The highest BCUT2D eigenvalue weighted by molar-refractivity contribution is 6.55. The second-order valence-electron chi connectivity index (χ2n) is 8.48. The van der Waals surface area contributed by atoms with Gasteiger partial charge in [0.05, 0.1) is 0 Å². The van der Waals surface area contributed by atoms with E-state index in [4.69, 9.17) is 5.73 Å². The summed E-state index contributed by atoms with van der Waals surface area (Å²) in [5, 5.41) is 0. The summed E-state index contributed by atoms with van der Waals surface area (Å²) in [6.45, 7) is 11.9. The summed E-state index contributed by atoms with van der Waals surface area (Å²) < 4.78 is 0. The van der Waals surface area contributed by atoms with Gasteiger partial charge in [0.15, 0.2) is 0 Å². The van der Waals surface area contributed by atoms with Crippen LogP contribution in [0.15, 0.2) is 48.5 Å². The number of nitrogen functional groups attached to an aromatic ring is 1. The van der Waals surface area contributed by atoms with E-state index in [0.717, 1.165) is 12.1 Å². The van der Waals surface area contributed by atoms with E-state index in [9.17, 15) is 0 Å². The lowest BCUT2D eigenvalue weighted by molar-refractivity contribution is 0.908. The highest BCUT2D eigenvalue weighted by Gasteiger charge is 1.98. The number of hydrogen-bond donors (Lipinski definition) is 1. The van der Waals surface area contributed by atoms with E-state index in [0.29, 0.717) is 0 Å². The lowest BCUT2D eigenvalue weighted by Crippen LogP contribution is -1.99. The van der Waals surface area contributed by atoms with Crippen molar-refractivity contribution in [3.8, 4) is 0 Å². The smallest absolute Gasteiger partial charge is 0.0314 e. The molecule has 0 aliphatic heterocycles. The molecule has 2 aromatic rings. The molecule has 2 rings (SSSR count). The normalized spacial score (nSPS) is 9.70. The third kappa shape index (κ3) is 16.5. The van der Waals surface area contributed by atoms with E-state index in [-0.39, 0.29) is 39.9 Å². The van der Waals surface area contributed by atoms with Crippen LogP contribution in [-0.4, -0.2) is 17.6 Å². The van der Waals surface area contributed by atoms with E-state index in [1.165, 1.54) is 54.5 Å². The maximum absolute atomic E-state index is 5.61. The molecular weight excluding hydrogens is 394 g/mol. The van der Waals surface area contributed by atoms with Gasteiger partial charge in [0.2, 0.25) is 0 Å². The van der Waals surface area contributed by atoms with Gasteiger partial charge in [-0.15, -0.1) is 0 Å². The third-order valence-corrected chi connectivity index (χ3v) is 8.03. The van der Waals surface area contributed by atoms with E-state index in [2.05, 4.69) is 69.5 Å². The predicted octanol–water partition coefficient (Wildman–Crippen LogP) is 8.26. The van der Waals surface area contributed by atoms with E-state index in [1.54, 1.807) is 0 Å². The average molecular weight is 448 g/mol. The number of rotatable bonds is 9. The molecule has 0 unspecified atom stereocenters. The Morgan fingerprint density at radius 2 is 0.933 bits per heavy atom. The fourth-order valence-corrected chi connectivity index (χ4v) is 5.10. The largest absolute Gasteiger partial charge is 0.399 e. The van der Waals surface area contributed by atoms with Gasteiger partial charge in [-0.1, -0.05) is 117 Å². The monoisotopic (exact) mass is 447 g/mol. The van der Waals surface area contributed by atoms with Crippen molar-refractivity contribution in [2.45, 2.75) is 99.6 Å². The molecule has 0 saturated heterocycles. The molecule has 174 valence electrons. The Labute approximate surface area is 193 Å². The Morgan fingerprint density at radius 1 is 0.600 bits per heavy atom. The topological polar surface area (TPSA) is 26.0 Å². The molecule has 0 heterocycles. The molecule has 0 bridgehead atoms. The molecule has 30 heavy (non-hydrogen) atoms. The van der Waals surface area contributed by atoms with Crippen LogP contribution in [0.3, 0.4) is 0 Å². The van der Waals surface area contributed by atoms with Crippen LogP contribution in [0, 0.1) is 0 Å². The first-order valence-corrected chi connectivity index (χ1v) is 17.1. The number of benzene rings is 2. The van der Waals surface area contributed by atoms with E-state index >= 15 is 0 Å². The van der Waals surface area contributed by atoms with Gasteiger partial charge in [-0.3, -0.25) is 0 Å². The maximum atomic E-state index is 5.61. The zero-order valence-electron chi connectivity index (χ0n) is 18.3. The van der Waals surface area contributed by atoms with Gasteiger partial charge in [0, 0.05) is 23.3 Å². The summed E-state index contributed by atoms with van der Waals surface area (Å²) in [6.07, 6.45) is 6.36. The SMILES string of the molecule is C.C.C.CCc1ccc(CCC[SiH](C)C)cc1.C[SiH](C)CCCc1ccc(N)cc1. The zero-order chi connectivity index (χ0) is 20.1. The Bertz CT molecular complexity index is 604. The van der Waals surface area contributed by atoms with E-state index < -0.39 is 0 Å². The Balaban J connectivity index is -0.000000443. The van der Waals surface area contributed by atoms with Crippen LogP contribution in [0.1, 0.15) is 58.7 Å². The van der Waals surface area contributed by atoms with Crippen LogP contribution in [0.25, 0.3) is 0 Å². The van der Waals surface area contributed by atoms with Gasteiger partial charge in [-0.2, -0.15) is 0 Å². The highest BCUT2D eigenvalue weighted by atomic mass is 28.3. The minimum absolute atomic E-state index is 0. The maximum Gasteiger partial charge on any atom is 0.0314 e. The van der Waals surface area contributed by atoms with Gasteiger partial charge < -0.3 is 5.73 Å². The fourth-order valence-electron chi connectivity index (χ4n) is 3.05. The standard InChI is InChI=1S/C13H22Si.C11H19NSi.3CH4/c1-4-12-7-9-13(10-8-12)6-5-11-14(2)3;1-13(2)9-3-4-10-5-7-11(12)8-6-10;;;/h7-10,14H,4-6,11H2,1-3H3;5-8,13H,3-4,9,12H2,1-2H3;3*1H4. The average Bonchev–Trinajstić information content (AvgIpc) is 2.64. The van der Waals surface area contributed by atoms with Crippen molar-refractivity contribution in [1.82, 2.24) is 0 Å². The molecule has 0 aromatic heterocycles. The predicted molar refractivity (Wildman–Crippen MR) is 151 cm³/mol. The number of nitrogens with two attached hydrogens (primary N) is 1. The van der Waals surface area contributed by atoms with Gasteiger partial charge in [0.25, 0.3) is 0 Å². The van der Waals surface area contributed by atoms with Crippen LogP contribution in [0.4, 0.5) is 5.69 Å². The van der Waals surface area contributed by atoms with Crippen molar-refractivity contribution in [3.63, 3.8) is 0 Å². The quantitative estimate of drug-likeness (QED) is 0.304. The Kier molecular flexibility index (Phi) is 21.8. The van der Waals surface area contributed by atoms with Crippen LogP contribution >= 0.6 is 0 Å². The summed E-state index contributed by atoms with van der Waals surface area (Å²) in [5.41, 5.74) is 10.9. The van der Waals surface area contributed by atoms with Crippen LogP contribution in [0.2, 0.25) is 38.3 Å². The molecule has 0 spiro atoms. The second-order valence-corrected chi connectivity index (χ2v) is 15.2. The fraction of sp³-hybridized carbons (Fsp3) is 0.556. The third-order valence-electron chi connectivity index (χ3n) is 4.90. The molecule has 0 amide bonds. The minimum atomic E-state index is -0.346. The van der Waals surface area contributed by atoms with Crippen molar-refractivity contribution < 1.29 is 0 Å². The lowest BCUT2D eigenvalue weighted by Gasteiger charge is -2.04. The first-order chi connectivity index (χ1) is 12.9. The molecule has 2 aromatic carbocycles. The van der Waals surface area contributed by atoms with Crippen molar-refractivity contribution in [2.75, 3.05) is 5.73 Å². The summed E-state index contributed by atoms with van der Waals surface area (Å²) >= 11 is 0. The molecule has 2 N–H and O–H groups in total. The highest BCUT2D eigenvalue weighted by Crippen LogP contribution is 2.10.